The number of benzene rings is 3. The maximum Gasteiger partial charge on any atom is 0.127 e. The van der Waals surface area contributed by atoms with Crippen LogP contribution in [0, 0.1) is 0 Å². The van der Waals surface area contributed by atoms with Crippen LogP contribution < -0.4 is 4.74 Å². The second kappa shape index (κ2) is 8.00. The van der Waals surface area contributed by atoms with Crippen molar-refractivity contribution in [3.63, 3.8) is 0 Å². The lowest BCUT2D eigenvalue weighted by Crippen LogP contribution is -1.83. The average Bonchev–Trinajstić information content (AvgIpc) is 2.62. The summed E-state index contributed by atoms with van der Waals surface area (Å²) in [4.78, 5) is 0. The fraction of sp³-hybridized carbons (Fsp3) is 0.0909. The molecule has 0 unspecified atom stereocenters. The topological polar surface area (TPSA) is 9.23 Å². The van der Waals surface area contributed by atoms with Crippen LogP contribution >= 0.6 is 0 Å². The van der Waals surface area contributed by atoms with Crippen LogP contribution in [-0.4, -0.2) is 0 Å². The van der Waals surface area contributed by atoms with Crippen LogP contribution in [0.5, 0.6) is 11.5 Å². The molecule has 0 fully saturated rings. The molecule has 0 aliphatic rings. The quantitative estimate of drug-likeness (QED) is 0.532. The van der Waals surface area contributed by atoms with Gasteiger partial charge in [0.2, 0.25) is 0 Å². The van der Waals surface area contributed by atoms with E-state index in [9.17, 15) is 0 Å². The summed E-state index contributed by atoms with van der Waals surface area (Å²) in [6.45, 7) is 0. The summed E-state index contributed by atoms with van der Waals surface area (Å²) in [5.41, 5.74) is 2.57. The van der Waals surface area contributed by atoms with Gasteiger partial charge in [-0.05, 0) is 48.2 Å². The Morgan fingerprint density at radius 2 is 1.26 bits per heavy atom. The van der Waals surface area contributed by atoms with Crippen molar-refractivity contribution < 1.29 is 4.74 Å². The highest BCUT2D eigenvalue weighted by molar-refractivity contribution is 5.51. The normalized spacial score (nSPS) is 10.8. The van der Waals surface area contributed by atoms with Gasteiger partial charge in [-0.3, -0.25) is 0 Å². The zero-order chi connectivity index (χ0) is 15.7. The molecule has 0 bridgehead atoms. The molecule has 3 aromatic carbocycles. The Hall–Kier alpha value is -2.80. The number of hydrogen-bond donors (Lipinski definition) is 0. The molecule has 0 heterocycles. The van der Waals surface area contributed by atoms with E-state index < -0.39 is 0 Å². The molecule has 0 aliphatic heterocycles. The highest BCUT2D eigenvalue weighted by Gasteiger charge is 1.96. The maximum absolute atomic E-state index is 5.79. The lowest BCUT2D eigenvalue weighted by molar-refractivity contribution is 0.482. The van der Waals surface area contributed by atoms with Gasteiger partial charge in [-0.15, -0.1) is 0 Å². The van der Waals surface area contributed by atoms with Gasteiger partial charge in [-0.2, -0.15) is 0 Å². The first kappa shape index (κ1) is 15.1. The highest BCUT2D eigenvalue weighted by atomic mass is 16.5. The Kier molecular flexibility index (Phi) is 5.25. The largest absolute Gasteiger partial charge is 0.457 e. The van der Waals surface area contributed by atoms with Crippen molar-refractivity contribution in [2.45, 2.75) is 12.8 Å². The highest BCUT2D eigenvalue weighted by Crippen LogP contribution is 2.21. The third-order valence-corrected chi connectivity index (χ3v) is 3.61. The first-order chi connectivity index (χ1) is 11.4. The summed E-state index contributed by atoms with van der Waals surface area (Å²) in [6.07, 6.45) is 6.51. The van der Waals surface area contributed by atoms with Crippen molar-refractivity contribution in [2.24, 2.45) is 0 Å². The zero-order valence-electron chi connectivity index (χ0n) is 13.1. The van der Waals surface area contributed by atoms with Crippen molar-refractivity contribution in [1.29, 1.82) is 0 Å². The van der Waals surface area contributed by atoms with Gasteiger partial charge in [0.05, 0.1) is 0 Å². The molecule has 0 radical (unpaired) electrons. The Labute approximate surface area is 137 Å². The van der Waals surface area contributed by atoms with E-state index in [0.717, 1.165) is 24.3 Å². The van der Waals surface area contributed by atoms with Gasteiger partial charge in [0.1, 0.15) is 11.5 Å². The van der Waals surface area contributed by atoms with E-state index in [1.165, 1.54) is 11.1 Å². The number of rotatable bonds is 6. The van der Waals surface area contributed by atoms with Gasteiger partial charge in [-0.25, -0.2) is 0 Å². The van der Waals surface area contributed by atoms with Crippen LogP contribution in [0.2, 0.25) is 0 Å². The molecule has 3 rings (SSSR count). The van der Waals surface area contributed by atoms with Crippen LogP contribution in [0.1, 0.15) is 17.5 Å². The number of hydrogen-bond acceptors (Lipinski definition) is 1. The molecule has 1 heteroatoms. The molecule has 0 aliphatic carbocycles. The van der Waals surface area contributed by atoms with Crippen LogP contribution in [0.25, 0.3) is 6.08 Å². The number of aryl methyl sites for hydroxylation is 1. The molecule has 0 N–H and O–H groups in total. The van der Waals surface area contributed by atoms with E-state index in [1.807, 2.05) is 42.5 Å². The minimum absolute atomic E-state index is 0.859. The van der Waals surface area contributed by atoms with E-state index >= 15 is 0 Å². The SMILES string of the molecule is C(=Cc1ccc(Oc2ccccc2)cc1)CCc1ccccc1. The number of para-hydroxylation sites is 1. The van der Waals surface area contributed by atoms with Gasteiger partial charge >= 0.3 is 0 Å². The summed E-state index contributed by atoms with van der Waals surface area (Å²) in [7, 11) is 0. The van der Waals surface area contributed by atoms with Gasteiger partial charge in [0, 0.05) is 0 Å². The Balaban J connectivity index is 1.52. The van der Waals surface area contributed by atoms with E-state index in [1.54, 1.807) is 0 Å². The standard InChI is InChI=1S/C22H20O/c1-3-9-19(10-4-1)11-7-8-12-20-15-17-22(18-16-20)23-21-13-5-2-6-14-21/h1-6,8-10,12-18H,7,11H2. The lowest BCUT2D eigenvalue weighted by Gasteiger charge is -2.05. The zero-order valence-corrected chi connectivity index (χ0v) is 13.1. The molecule has 0 atom stereocenters. The molecule has 0 saturated heterocycles. The molecular formula is C22H20O. The Morgan fingerprint density at radius 3 is 1.96 bits per heavy atom. The first-order valence-corrected chi connectivity index (χ1v) is 7.93. The number of allylic oxidation sites excluding steroid dienone is 1. The fourth-order valence-corrected chi connectivity index (χ4v) is 2.39. The van der Waals surface area contributed by atoms with Gasteiger partial charge in [-0.1, -0.05) is 72.8 Å². The minimum atomic E-state index is 0.859. The third-order valence-electron chi connectivity index (χ3n) is 3.61. The number of ether oxygens (including phenoxy) is 1. The van der Waals surface area contributed by atoms with Crippen LogP contribution in [-0.2, 0) is 6.42 Å². The predicted molar refractivity (Wildman–Crippen MR) is 96.8 cm³/mol. The third kappa shape index (κ3) is 4.86. The molecule has 0 saturated carbocycles. The second-order valence-corrected chi connectivity index (χ2v) is 5.41. The lowest BCUT2D eigenvalue weighted by atomic mass is 10.1. The average molecular weight is 300 g/mol. The van der Waals surface area contributed by atoms with E-state index in [2.05, 4.69) is 54.6 Å². The second-order valence-electron chi connectivity index (χ2n) is 5.41. The van der Waals surface area contributed by atoms with Crippen molar-refractivity contribution in [3.8, 4) is 11.5 Å². The summed E-state index contributed by atoms with van der Waals surface area (Å²) in [5, 5.41) is 0. The predicted octanol–water partition coefficient (Wildman–Crippen LogP) is 6.12. The molecule has 0 aromatic heterocycles. The van der Waals surface area contributed by atoms with Crippen molar-refractivity contribution >= 4 is 6.08 Å². The van der Waals surface area contributed by atoms with Crippen molar-refractivity contribution in [3.05, 3.63) is 102 Å². The molecular weight excluding hydrogens is 280 g/mol. The monoisotopic (exact) mass is 300 g/mol. The smallest absolute Gasteiger partial charge is 0.127 e. The van der Waals surface area contributed by atoms with Crippen LogP contribution in [0.15, 0.2) is 91.0 Å². The van der Waals surface area contributed by atoms with Crippen LogP contribution in [0.4, 0.5) is 0 Å². The summed E-state index contributed by atoms with van der Waals surface area (Å²) in [5.74, 6) is 1.72. The molecule has 114 valence electrons. The molecule has 23 heavy (non-hydrogen) atoms. The van der Waals surface area contributed by atoms with E-state index in [-0.39, 0.29) is 0 Å². The van der Waals surface area contributed by atoms with Gasteiger partial charge in [0.15, 0.2) is 0 Å². The molecule has 1 nitrogen and oxygen atoms in total. The van der Waals surface area contributed by atoms with E-state index in [4.69, 9.17) is 4.74 Å². The summed E-state index contributed by atoms with van der Waals surface area (Å²) >= 11 is 0. The molecule has 0 spiro atoms. The fourth-order valence-electron chi connectivity index (χ4n) is 2.39. The molecule has 3 aromatic rings. The maximum atomic E-state index is 5.79. The van der Waals surface area contributed by atoms with Gasteiger partial charge < -0.3 is 4.74 Å². The summed E-state index contributed by atoms with van der Waals surface area (Å²) in [6, 6.07) is 28.6. The summed E-state index contributed by atoms with van der Waals surface area (Å²) < 4.78 is 5.79. The van der Waals surface area contributed by atoms with Crippen molar-refractivity contribution in [1.82, 2.24) is 0 Å². The van der Waals surface area contributed by atoms with E-state index in [0.29, 0.717) is 0 Å². The first-order valence-electron chi connectivity index (χ1n) is 7.93. The minimum Gasteiger partial charge on any atom is -0.457 e. The molecule has 0 amide bonds. The Morgan fingerprint density at radius 1 is 0.652 bits per heavy atom. The van der Waals surface area contributed by atoms with Gasteiger partial charge in [0.25, 0.3) is 0 Å². The Bertz CT molecular complexity index is 728. The van der Waals surface area contributed by atoms with Crippen molar-refractivity contribution in [2.75, 3.05) is 0 Å². The van der Waals surface area contributed by atoms with Crippen LogP contribution in [0.3, 0.4) is 0 Å².